The molecule has 2 heterocycles. The second-order valence-electron chi connectivity index (χ2n) is 5.04. The lowest BCUT2D eigenvalue weighted by Gasteiger charge is -2.27. The molecule has 3 nitrogen and oxygen atoms in total. The monoisotopic (exact) mass is 248 g/mol. The first-order valence-electron chi connectivity index (χ1n) is 6.56. The van der Waals surface area contributed by atoms with E-state index in [1.807, 2.05) is 0 Å². The Bertz CT molecular complexity index is 469. The first kappa shape index (κ1) is 11.7. The number of carbonyl (C=O) groups is 1. The lowest BCUT2D eigenvalue weighted by atomic mass is 9.96. The summed E-state index contributed by atoms with van der Waals surface area (Å²) in [7, 11) is 0. The van der Waals surface area contributed by atoms with Gasteiger partial charge in [0.25, 0.3) is 0 Å². The lowest BCUT2D eigenvalue weighted by molar-refractivity contribution is -0.123. The van der Waals surface area contributed by atoms with Crippen molar-refractivity contribution in [1.29, 1.82) is 0 Å². The molecule has 0 aliphatic carbocycles. The van der Waals surface area contributed by atoms with E-state index in [4.69, 9.17) is 0 Å². The van der Waals surface area contributed by atoms with Crippen molar-refractivity contribution in [1.82, 2.24) is 5.32 Å². The van der Waals surface area contributed by atoms with Crippen molar-refractivity contribution < 1.29 is 9.18 Å². The fraction of sp³-hybridized carbons (Fsp3) is 0.500. The zero-order valence-corrected chi connectivity index (χ0v) is 10.3. The molecule has 4 heteroatoms. The second kappa shape index (κ2) is 4.69. The first-order chi connectivity index (χ1) is 8.75. The lowest BCUT2D eigenvalue weighted by Crippen LogP contribution is -2.40. The van der Waals surface area contributed by atoms with Crippen molar-refractivity contribution in [3.63, 3.8) is 0 Å². The van der Waals surface area contributed by atoms with Crippen LogP contribution in [-0.2, 0) is 11.2 Å². The highest BCUT2D eigenvalue weighted by Gasteiger charge is 2.30. The van der Waals surface area contributed by atoms with Gasteiger partial charge in [-0.15, -0.1) is 0 Å². The van der Waals surface area contributed by atoms with Gasteiger partial charge in [0.15, 0.2) is 0 Å². The van der Waals surface area contributed by atoms with E-state index in [2.05, 4.69) is 5.32 Å². The maximum atomic E-state index is 13.3. The van der Waals surface area contributed by atoms with Gasteiger partial charge in [0.1, 0.15) is 5.82 Å². The summed E-state index contributed by atoms with van der Waals surface area (Å²) in [6, 6.07) is 4.75. The van der Waals surface area contributed by atoms with Crippen molar-refractivity contribution in [2.75, 3.05) is 24.5 Å². The molecule has 0 radical (unpaired) electrons. The molecule has 0 atom stereocenters. The van der Waals surface area contributed by atoms with Crippen LogP contribution in [0.2, 0.25) is 0 Å². The highest BCUT2D eigenvalue weighted by molar-refractivity contribution is 5.97. The fourth-order valence-corrected chi connectivity index (χ4v) is 2.87. The molecule has 2 aliphatic rings. The fourth-order valence-electron chi connectivity index (χ4n) is 2.87. The normalized spacial score (nSPS) is 19.9. The maximum Gasteiger partial charge on any atom is 0.230 e. The van der Waals surface area contributed by atoms with E-state index in [1.54, 1.807) is 11.0 Å². The number of hydrogen-bond acceptors (Lipinski definition) is 2. The van der Waals surface area contributed by atoms with E-state index in [0.29, 0.717) is 6.54 Å². The van der Waals surface area contributed by atoms with E-state index in [9.17, 15) is 9.18 Å². The third-order valence-electron chi connectivity index (χ3n) is 3.90. The summed E-state index contributed by atoms with van der Waals surface area (Å²) >= 11 is 0. The van der Waals surface area contributed by atoms with Crippen LogP contribution in [0.5, 0.6) is 0 Å². The second-order valence-corrected chi connectivity index (χ2v) is 5.04. The van der Waals surface area contributed by atoms with Crippen LogP contribution in [0.25, 0.3) is 0 Å². The minimum atomic E-state index is -0.265. The van der Waals surface area contributed by atoms with Gasteiger partial charge in [0, 0.05) is 18.2 Å². The Morgan fingerprint density at radius 1 is 1.33 bits per heavy atom. The Balaban J connectivity index is 1.82. The van der Waals surface area contributed by atoms with Crippen molar-refractivity contribution in [2.45, 2.75) is 19.3 Å². The Morgan fingerprint density at radius 3 is 2.89 bits per heavy atom. The number of anilines is 1. The molecule has 0 aromatic heterocycles. The third-order valence-corrected chi connectivity index (χ3v) is 3.90. The molecule has 0 bridgehead atoms. The number of benzene rings is 1. The van der Waals surface area contributed by atoms with Crippen molar-refractivity contribution in [3.8, 4) is 0 Å². The minimum absolute atomic E-state index is 0.0977. The number of hydrogen-bond donors (Lipinski definition) is 1. The van der Waals surface area contributed by atoms with Gasteiger partial charge in [-0.25, -0.2) is 4.39 Å². The van der Waals surface area contributed by atoms with E-state index >= 15 is 0 Å². The number of piperidine rings is 1. The molecule has 96 valence electrons. The van der Waals surface area contributed by atoms with Crippen LogP contribution >= 0.6 is 0 Å². The summed E-state index contributed by atoms with van der Waals surface area (Å²) in [5.74, 6) is 0.0000724. The Hall–Kier alpha value is -1.42. The van der Waals surface area contributed by atoms with Crippen molar-refractivity contribution >= 4 is 11.6 Å². The topological polar surface area (TPSA) is 32.3 Å². The summed E-state index contributed by atoms with van der Waals surface area (Å²) in [6.07, 6.45) is 2.62. The molecule has 1 saturated heterocycles. The number of carbonyl (C=O) groups excluding carboxylic acids is 1. The van der Waals surface area contributed by atoms with Gasteiger partial charge in [-0.2, -0.15) is 0 Å². The molecule has 0 unspecified atom stereocenters. The average Bonchev–Trinajstić information content (AvgIpc) is 2.82. The molecule has 1 fully saturated rings. The summed E-state index contributed by atoms with van der Waals surface area (Å²) in [5, 5.41) is 3.26. The Morgan fingerprint density at radius 2 is 2.11 bits per heavy atom. The molecule has 1 N–H and O–H groups in total. The van der Waals surface area contributed by atoms with E-state index in [-0.39, 0.29) is 17.6 Å². The van der Waals surface area contributed by atoms with Crippen LogP contribution in [0.1, 0.15) is 18.4 Å². The van der Waals surface area contributed by atoms with Crippen LogP contribution in [0, 0.1) is 11.7 Å². The third kappa shape index (κ3) is 2.01. The van der Waals surface area contributed by atoms with Gasteiger partial charge >= 0.3 is 0 Å². The van der Waals surface area contributed by atoms with Crippen molar-refractivity contribution in [2.24, 2.45) is 5.92 Å². The zero-order chi connectivity index (χ0) is 12.5. The molecule has 1 amide bonds. The smallest absolute Gasteiger partial charge is 0.230 e. The van der Waals surface area contributed by atoms with Gasteiger partial charge in [-0.05, 0) is 50.0 Å². The summed E-state index contributed by atoms with van der Waals surface area (Å²) in [5.41, 5.74) is 1.86. The molecule has 0 saturated carbocycles. The molecule has 0 spiro atoms. The largest absolute Gasteiger partial charge is 0.317 e. The van der Waals surface area contributed by atoms with Crippen LogP contribution < -0.4 is 10.2 Å². The number of fused-ring (bicyclic) bond motifs is 1. The molecule has 18 heavy (non-hydrogen) atoms. The Labute approximate surface area is 106 Å². The number of amides is 1. The van der Waals surface area contributed by atoms with E-state index in [0.717, 1.165) is 43.6 Å². The summed E-state index contributed by atoms with van der Waals surface area (Å²) in [4.78, 5) is 14.2. The predicted molar refractivity (Wildman–Crippen MR) is 68.1 cm³/mol. The summed E-state index contributed by atoms with van der Waals surface area (Å²) in [6.45, 7) is 2.50. The van der Waals surface area contributed by atoms with Crippen LogP contribution in [0.3, 0.4) is 0 Å². The molecular formula is C14H17FN2O. The highest BCUT2D eigenvalue weighted by Crippen LogP contribution is 2.31. The molecule has 2 aliphatic heterocycles. The van der Waals surface area contributed by atoms with Crippen LogP contribution in [0.4, 0.5) is 10.1 Å². The highest BCUT2D eigenvalue weighted by atomic mass is 19.1. The molecule has 3 rings (SSSR count). The minimum Gasteiger partial charge on any atom is -0.317 e. The first-order valence-corrected chi connectivity index (χ1v) is 6.56. The van der Waals surface area contributed by atoms with Crippen molar-refractivity contribution in [3.05, 3.63) is 29.6 Å². The molecule has 1 aromatic rings. The number of nitrogens with zero attached hydrogens (tertiary/aromatic N) is 1. The van der Waals surface area contributed by atoms with Crippen LogP contribution in [-0.4, -0.2) is 25.5 Å². The summed E-state index contributed by atoms with van der Waals surface area (Å²) < 4.78 is 13.3. The van der Waals surface area contributed by atoms with Gasteiger partial charge in [-0.3, -0.25) is 4.79 Å². The van der Waals surface area contributed by atoms with Crippen LogP contribution in [0.15, 0.2) is 18.2 Å². The number of nitrogens with one attached hydrogen (secondary N) is 1. The molecular weight excluding hydrogens is 231 g/mol. The molecule has 1 aromatic carbocycles. The van der Waals surface area contributed by atoms with E-state index < -0.39 is 0 Å². The van der Waals surface area contributed by atoms with Gasteiger partial charge in [0.2, 0.25) is 5.91 Å². The van der Waals surface area contributed by atoms with Gasteiger partial charge in [-0.1, -0.05) is 6.07 Å². The average molecular weight is 248 g/mol. The van der Waals surface area contributed by atoms with Gasteiger partial charge in [0.05, 0.1) is 0 Å². The predicted octanol–water partition coefficient (Wildman–Crippen LogP) is 1.71. The van der Waals surface area contributed by atoms with Gasteiger partial charge < -0.3 is 10.2 Å². The SMILES string of the molecule is O=C(C1CCNCC1)N1CCc2ccc(F)cc21. The quantitative estimate of drug-likeness (QED) is 0.820. The Kier molecular flexibility index (Phi) is 3.04. The number of rotatable bonds is 1. The number of halogens is 1. The van der Waals surface area contributed by atoms with E-state index in [1.165, 1.54) is 12.1 Å². The zero-order valence-electron chi connectivity index (χ0n) is 10.3. The maximum absolute atomic E-state index is 13.3. The standard InChI is InChI=1S/C14H17FN2O/c15-12-2-1-10-5-8-17(13(10)9-12)14(18)11-3-6-16-7-4-11/h1-2,9,11,16H,3-8H2.